The van der Waals surface area contributed by atoms with E-state index in [0.29, 0.717) is 0 Å². The molecular formula is C18H41N5O11. The summed E-state index contributed by atoms with van der Waals surface area (Å²) >= 11 is 0. The second-order valence-electron chi connectivity index (χ2n) is 8.78. The fraction of sp³-hybridized carbons (Fsp3) is 1.00. The lowest BCUT2D eigenvalue weighted by Crippen LogP contribution is -2.68. The van der Waals surface area contributed by atoms with Gasteiger partial charge in [-0.1, -0.05) is 0 Å². The van der Waals surface area contributed by atoms with Gasteiger partial charge in [0.15, 0.2) is 12.6 Å². The minimum atomic E-state index is -1.44. The highest BCUT2D eigenvalue weighted by Gasteiger charge is 2.50. The number of rotatable bonds is 6. The first-order chi connectivity index (χ1) is 15.1. The van der Waals surface area contributed by atoms with E-state index in [1.807, 2.05) is 0 Å². The normalized spacial score (nSPS) is 49.6. The monoisotopic (exact) mass is 503 g/mol. The molecule has 0 bridgehead atoms. The van der Waals surface area contributed by atoms with Crippen molar-refractivity contribution in [3.63, 3.8) is 0 Å². The van der Waals surface area contributed by atoms with Crippen LogP contribution in [0.5, 0.6) is 0 Å². The predicted octanol–water partition coefficient (Wildman–Crippen LogP) is -7.95. The molecule has 1 aliphatic carbocycles. The Balaban J connectivity index is 0.00000289. The van der Waals surface area contributed by atoms with Gasteiger partial charge in [0.1, 0.15) is 36.6 Å². The van der Waals surface area contributed by atoms with E-state index < -0.39 is 92.2 Å². The lowest BCUT2D eigenvalue weighted by Gasteiger charge is -2.47. The summed E-state index contributed by atoms with van der Waals surface area (Å²) in [6.07, 6.45) is -10.8. The Bertz CT molecular complexity index is 611. The summed E-state index contributed by atoms with van der Waals surface area (Å²) in [6, 6.07) is -3.27. The molecule has 0 amide bonds. The van der Waals surface area contributed by atoms with Crippen molar-refractivity contribution in [1.29, 1.82) is 0 Å². The molecule has 0 spiro atoms. The lowest BCUT2D eigenvalue weighted by atomic mass is 9.84. The maximum absolute atomic E-state index is 11.0. The van der Waals surface area contributed by atoms with Gasteiger partial charge in [-0.05, 0) is 12.8 Å². The Kier molecular flexibility index (Phi) is 12.1. The molecule has 1 saturated carbocycles. The third kappa shape index (κ3) is 6.37. The Morgan fingerprint density at radius 3 is 1.76 bits per heavy atom. The molecule has 16 heteroatoms. The third-order valence-electron chi connectivity index (χ3n) is 6.41. The number of nitrogens with two attached hydrogens (primary N) is 5. The summed E-state index contributed by atoms with van der Waals surface area (Å²) < 4.78 is 22.7. The zero-order valence-corrected chi connectivity index (χ0v) is 18.7. The van der Waals surface area contributed by atoms with Crippen LogP contribution >= 0.6 is 0 Å². The van der Waals surface area contributed by atoms with E-state index >= 15 is 0 Å². The summed E-state index contributed by atoms with van der Waals surface area (Å²) in [5.41, 5.74) is 29.8. The molecule has 0 aromatic carbocycles. The van der Waals surface area contributed by atoms with E-state index in [1.54, 1.807) is 0 Å². The van der Waals surface area contributed by atoms with Gasteiger partial charge in [0, 0.05) is 18.6 Å². The molecule has 2 saturated heterocycles. The number of hydrogen-bond acceptors (Lipinski definition) is 14. The van der Waals surface area contributed by atoms with Gasteiger partial charge in [0.05, 0.1) is 30.9 Å². The van der Waals surface area contributed by atoms with E-state index in [1.165, 1.54) is 0 Å². The predicted molar refractivity (Wildman–Crippen MR) is 116 cm³/mol. The molecule has 3 rings (SSSR count). The average Bonchev–Trinajstić information content (AvgIpc) is 2.75. The van der Waals surface area contributed by atoms with E-state index in [9.17, 15) is 25.5 Å². The maximum Gasteiger partial charge on any atom is 0.186 e. The summed E-state index contributed by atoms with van der Waals surface area (Å²) in [5.74, 6) is 0. The van der Waals surface area contributed by atoms with Crippen LogP contribution in [0.3, 0.4) is 0 Å². The van der Waals surface area contributed by atoms with Gasteiger partial charge in [0.25, 0.3) is 0 Å². The summed E-state index contributed by atoms with van der Waals surface area (Å²) in [6.45, 7) is -0.499. The van der Waals surface area contributed by atoms with E-state index in [-0.39, 0.29) is 30.3 Å². The number of aliphatic hydroxyl groups is 5. The highest BCUT2D eigenvalue weighted by Crippen LogP contribution is 2.30. The van der Waals surface area contributed by atoms with Gasteiger partial charge in [-0.15, -0.1) is 0 Å². The van der Waals surface area contributed by atoms with Crippen molar-refractivity contribution in [2.75, 3.05) is 13.2 Å². The molecule has 19 N–H and O–H groups in total. The molecule has 16 nitrogen and oxygen atoms in total. The molecule has 3 aliphatic rings. The van der Waals surface area contributed by atoms with Crippen LogP contribution in [-0.2, 0) is 18.9 Å². The molecule has 34 heavy (non-hydrogen) atoms. The van der Waals surface area contributed by atoms with Crippen molar-refractivity contribution < 1.29 is 55.4 Å². The van der Waals surface area contributed by atoms with Crippen LogP contribution in [0, 0.1) is 0 Å². The Hall–Kier alpha value is -0.640. The van der Waals surface area contributed by atoms with Crippen molar-refractivity contribution in [3.05, 3.63) is 0 Å². The fourth-order valence-electron chi connectivity index (χ4n) is 4.43. The highest BCUT2D eigenvalue weighted by molar-refractivity contribution is 5.01. The number of ether oxygens (including phenoxy) is 4. The Labute approximate surface area is 196 Å². The number of hydrogen-bond donors (Lipinski definition) is 10. The second-order valence-corrected chi connectivity index (χ2v) is 8.78. The quantitative estimate of drug-likeness (QED) is 0.161. The molecule has 2 aliphatic heterocycles. The standard InChI is InChI=1S/C18H37N5O9.2H2O/c19-3-9-8(25)2-7(22)17(29-9)31-15-5(20)1-6(21)16(14(15)28)32-18-13(27)11(23)12(26)10(4-24)30-18;;/h5-18,24-28H,1-4,19-23H2;2*1H2/t5?,6?,7?,8?,9-,10-,11?,12?,13?,14?,15?,16?,17?,18?;;/m1../s1. The smallest absolute Gasteiger partial charge is 0.186 e. The molecule has 2 heterocycles. The molecule has 14 atom stereocenters. The zero-order chi connectivity index (χ0) is 23.7. The van der Waals surface area contributed by atoms with Gasteiger partial charge in [-0.3, -0.25) is 0 Å². The molecule has 0 aromatic rings. The van der Waals surface area contributed by atoms with Crippen molar-refractivity contribution >= 4 is 0 Å². The van der Waals surface area contributed by atoms with E-state index in [2.05, 4.69) is 0 Å². The van der Waals surface area contributed by atoms with Crippen molar-refractivity contribution in [3.8, 4) is 0 Å². The minimum Gasteiger partial charge on any atom is -0.412 e. The van der Waals surface area contributed by atoms with Crippen LogP contribution in [-0.4, -0.2) is 135 Å². The van der Waals surface area contributed by atoms with Crippen molar-refractivity contribution in [2.24, 2.45) is 28.7 Å². The van der Waals surface area contributed by atoms with Crippen LogP contribution in [0.1, 0.15) is 12.8 Å². The molecule has 204 valence electrons. The van der Waals surface area contributed by atoms with Gasteiger partial charge < -0.3 is 84.1 Å². The maximum atomic E-state index is 11.0. The summed E-state index contributed by atoms with van der Waals surface area (Å²) in [4.78, 5) is 0. The second kappa shape index (κ2) is 13.1. The van der Waals surface area contributed by atoms with Crippen molar-refractivity contribution in [1.82, 2.24) is 0 Å². The van der Waals surface area contributed by atoms with Gasteiger partial charge in [-0.2, -0.15) is 0 Å². The Morgan fingerprint density at radius 2 is 1.24 bits per heavy atom. The van der Waals surface area contributed by atoms with Crippen LogP contribution in [0.25, 0.3) is 0 Å². The van der Waals surface area contributed by atoms with E-state index in [4.69, 9.17) is 47.6 Å². The first-order valence-corrected chi connectivity index (χ1v) is 10.8. The summed E-state index contributed by atoms with van der Waals surface area (Å²) in [7, 11) is 0. The zero-order valence-electron chi connectivity index (χ0n) is 18.7. The molecule has 0 aromatic heterocycles. The molecular weight excluding hydrogens is 462 g/mol. The average molecular weight is 504 g/mol. The van der Waals surface area contributed by atoms with Gasteiger partial charge >= 0.3 is 0 Å². The number of aliphatic hydroxyl groups excluding tert-OH is 5. The fourth-order valence-corrected chi connectivity index (χ4v) is 4.43. The minimum absolute atomic E-state index is 0. The van der Waals surface area contributed by atoms with Crippen LogP contribution in [0.15, 0.2) is 0 Å². The largest absolute Gasteiger partial charge is 0.412 e. The summed E-state index contributed by atoms with van der Waals surface area (Å²) in [5, 5.41) is 50.7. The molecule has 12 unspecified atom stereocenters. The SMILES string of the molecule is NC[C@H]1OC(OC2C(N)CC(N)C(OC3O[C@H](CO)C(O)C(N)C3O)C2O)C(N)CC1O.O.O. The lowest BCUT2D eigenvalue weighted by molar-refractivity contribution is -0.314. The molecule has 3 fully saturated rings. The molecule has 0 radical (unpaired) electrons. The first-order valence-electron chi connectivity index (χ1n) is 10.8. The third-order valence-corrected chi connectivity index (χ3v) is 6.41. The first kappa shape index (κ1) is 31.4. The highest BCUT2D eigenvalue weighted by atomic mass is 16.7. The van der Waals surface area contributed by atoms with Crippen molar-refractivity contribution in [2.45, 2.75) is 98.4 Å². The van der Waals surface area contributed by atoms with Crippen LogP contribution < -0.4 is 28.7 Å². The topological polar surface area (TPSA) is 331 Å². The van der Waals surface area contributed by atoms with Crippen LogP contribution in [0.4, 0.5) is 0 Å². The Morgan fingerprint density at radius 1 is 0.706 bits per heavy atom. The van der Waals surface area contributed by atoms with Gasteiger partial charge in [0.2, 0.25) is 0 Å². The van der Waals surface area contributed by atoms with Gasteiger partial charge in [-0.25, -0.2) is 0 Å². The van der Waals surface area contributed by atoms with Crippen LogP contribution in [0.2, 0.25) is 0 Å². The van der Waals surface area contributed by atoms with E-state index in [0.717, 1.165) is 0 Å².